The van der Waals surface area contributed by atoms with Gasteiger partial charge in [0.2, 0.25) is 5.91 Å². The van der Waals surface area contributed by atoms with Crippen LogP contribution in [0.15, 0.2) is 42.5 Å². The van der Waals surface area contributed by atoms with E-state index in [2.05, 4.69) is 10.6 Å². The molecule has 0 saturated heterocycles. The van der Waals surface area contributed by atoms with Crippen LogP contribution in [0.25, 0.3) is 0 Å². The molecule has 0 aliphatic carbocycles. The van der Waals surface area contributed by atoms with Gasteiger partial charge < -0.3 is 20.1 Å². The second-order valence-electron chi connectivity index (χ2n) is 6.49. The number of nitrogens with one attached hydrogen (secondary N) is 2. The molecule has 1 heterocycles. The van der Waals surface area contributed by atoms with Gasteiger partial charge in [0.15, 0.2) is 0 Å². The molecule has 0 atom stereocenters. The second-order valence-corrected chi connectivity index (χ2v) is 6.49. The van der Waals surface area contributed by atoms with E-state index in [1.807, 2.05) is 13.8 Å². The fraction of sp³-hybridized carbons (Fsp3) is 0.263. The molecule has 1 aliphatic rings. The average molecular weight is 340 g/mol. The predicted octanol–water partition coefficient (Wildman–Crippen LogP) is 3.30. The minimum Gasteiger partial charge on any atom is -0.496 e. The topological polar surface area (TPSA) is 76.7 Å². The smallest absolute Gasteiger partial charge is 0.259 e. The summed E-state index contributed by atoms with van der Waals surface area (Å²) < 4.78 is 11.0. The molecule has 0 aromatic heterocycles. The van der Waals surface area contributed by atoms with E-state index in [9.17, 15) is 9.59 Å². The molecule has 130 valence electrons. The Balaban J connectivity index is 1.83. The number of ether oxygens (including phenoxy) is 2. The first-order chi connectivity index (χ1) is 11.9. The van der Waals surface area contributed by atoms with Gasteiger partial charge in [-0.15, -0.1) is 0 Å². The summed E-state index contributed by atoms with van der Waals surface area (Å²) in [7, 11) is 1.52. The Morgan fingerprint density at radius 3 is 2.76 bits per heavy atom. The minimum atomic E-state index is -0.625. The maximum Gasteiger partial charge on any atom is 0.259 e. The quantitative estimate of drug-likeness (QED) is 0.899. The Kier molecular flexibility index (Phi) is 4.35. The number of hydrogen-bond acceptors (Lipinski definition) is 4. The maximum atomic E-state index is 12.5. The molecule has 6 nitrogen and oxygen atoms in total. The summed E-state index contributed by atoms with van der Waals surface area (Å²) in [4.78, 5) is 24.6. The Bertz CT molecular complexity index is 830. The Labute approximate surface area is 146 Å². The highest BCUT2D eigenvalue weighted by Gasteiger charge is 2.32. The summed E-state index contributed by atoms with van der Waals surface area (Å²) in [6, 6.07) is 12.1. The molecule has 2 aromatic rings. The van der Waals surface area contributed by atoms with Crippen molar-refractivity contribution < 1.29 is 19.1 Å². The number of fused-ring (bicyclic) bond motifs is 1. The summed E-state index contributed by atoms with van der Waals surface area (Å²) in [6.07, 6.45) is 0. The maximum absolute atomic E-state index is 12.5. The number of carbonyl (C=O) groups is 2. The third-order valence-corrected chi connectivity index (χ3v) is 4.04. The van der Waals surface area contributed by atoms with Crippen molar-refractivity contribution >= 4 is 23.2 Å². The third-order valence-electron chi connectivity index (χ3n) is 4.04. The normalized spacial score (nSPS) is 15.2. The summed E-state index contributed by atoms with van der Waals surface area (Å²) in [6.45, 7) is 3.90. The number of benzene rings is 2. The number of amides is 2. The van der Waals surface area contributed by atoms with Crippen LogP contribution in [0.1, 0.15) is 24.2 Å². The van der Waals surface area contributed by atoms with Crippen molar-refractivity contribution in [2.45, 2.75) is 13.8 Å². The molecule has 2 amide bonds. The van der Waals surface area contributed by atoms with Crippen LogP contribution in [-0.4, -0.2) is 25.5 Å². The molecule has 0 saturated carbocycles. The van der Waals surface area contributed by atoms with Crippen LogP contribution >= 0.6 is 0 Å². The van der Waals surface area contributed by atoms with Crippen molar-refractivity contribution in [2.75, 3.05) is 24.4 Å². The molecule has 0 radical (unpaired) electrons. The average Bonchev–Trinajstić information content (AvgIpc) is 2.71. The number of anilines is 2. The van der Waals surface area contributed by atoms with Crippen LogP contribution in [0.5, 0.6) is 11.5 Å². The number of methoxy groups -OCH3 is 1. The lowest BCUT2D eigenvalue weighted by Crippen LogP contribution is -2.33. The van der Waals surface area contributed by atoms with Crippen molar-refractivity contribution in [2.24, 2.45) is 5.41 Å². The van der Waals surface area contributed by atoms with Crippen LogP contribution in [0.2, 0.25) is 0 Å². The van der Waals surface area contributed by atoms with Gasteiger partial charge in [-0.2, -0.15) is 0 Å². The lowest BCUT2D eigenvalue weighted by atomic mass is 9.94. The zero-order valence-corrected chi connectivity index (χ0v) is 14.4. The fourth-order valence-electron chi connectivity index (χ4n) is 2.47. The van der Waals surface area contributed by atoms with Gasteiger partial charge in [-0.25, -0.2) is 0 Å². The van der Waals surface area contributed by atoms with Gasteiger partial charge in [0, 0.05) is 11.8 Å². The molecule has 0 spiro atoms. The van der Waals surface area contributed by atoms with E-state index in [0.29, 0.717) is 28.4 Å². The number of rotatable bonds is 3. The van der Waals surface area contributed by atoms with Crippen LogP contribution < -0.4 is 20.1 Å². The van der Waals surface area contributed by atoms with Crippen LogP contribution in [0.3, 0.4) is 0 Å². The van der Waals surface area contributed by atoms with Crippen molar-refractivity contribution in [3.63, 3.8) is 0 Å². The first-order valence-corrected chi connectivity index (χ1v) is 7.93. The molecule has 1 aliphatic heterocycles. The van der Waals surface area contributed by atoms with E-state index in [1.165, 1.54) is 7.11 Å². The Morgan fingerprint density at radius 1 is 1.24 bits per heavy atom. The number of carbonyl (C=O) groups excluding carboxylic acids is 2. The molecule has 6 heteroatoms. The van der Waals surface area contributed by atoms with E-state index in [-0.39, 0.29) is 18.4 Å². The minimum absolute atomic E-state index is 0.0999. The van der Waals surface area contributed by atoms with Crippen molar-refractivity contribution in [3.8, 4) is 11.5 Å². The molecule has 2 aromatic carbocycles. The largest absolute Gasteiger partial charge is 0.496 e. The van der Waals surface area contributed by atoms with Gasteiger partial charge in [-0.3, -0.25) is 9.59 Å². The highest BCUT2D eigenvalue weighted by Crippen LogP contribution is 2.34. The first kappa shape index (κ1) is 16.8. The van der Waals surface area contributed by atoms with Crippen LogP contribution in [-0.2, 0) is 4.79 Å². The van der Waals surface area contributed by atoms with Gasteiger partial charge in [0.05, 0.1) is 23.8 Å². The van der Waals surface area contributed by atoms with E-state index in [4.69, 9.17) is 9.47 Å². The van der Waals surface area contributed by atoms with Crippen molar-refractivity contribution in [1.82, 2.24) is 0 Å². The van der Waals surface area contributed by atoms with Gasteiger partial charge in [0.1, 0.15) is 18.1 Å². The van der Waals surface area contributed by atoms with E-state index in [1.54, 1.807) is 42.5 Å². The lowest BCUT2D eigenvalue weighted by Gasteiger charge is -2.18. The lowest BCUT2D eigenvalue weighted by molar-refractivity contribution is -0.124. The molecule has 3 rings (SSSR count). The van der Waals surface area contributed by atoms with E-state index < -0.39 is 5.41 Å². The SMILES string of the molecule is COc1ccccc1C(=O)Nc1ccc2c(c1)OCC(C)(C)C(=O)N2. The van der Waals surface area contributed by atoms with Gasteiger partial charge in [0.25, 0.3) is 5.91 Å². The van der Waals surface area contributed by atoms with Gasteiger partial charge in [-0.1, -0.05) is 12.1 Å². The van der Waals surface area contributed by atoms with Crippen molar-refractivity contribution in [3.05, 3.63) is 48.0 Å². The highest BCUT2D eigenvalue weighted by molar-refractivity contribution is 6.06. The van der Waals surface area contributed by atoms with Crippen molar-refractivity contribution in [1.29, 1.82) is 0 Å². The Morgan fingerprint density at radius 2 is 2.00 bits per heavy atom. The molecule has 2 N–H and O–H groups in total. The molecule has 25 heavy (non-hydrogen) atoms. The summed E-state index contributed by atoms with van der Waals surface area (Å²) in [5.41, 5.74) is 0.976. The number of hydrogen-bond donors (Lipinski definition) is 2. The third kappa shape index (κ3) is 3.42. The van der Waals surface area contributed by atoms with Crippen LogP contribution in [0, 0.1) is 5.41 Å². The molecular weight excluding hydrogens is 320 g/mol. The predicted molar refractivity (Wildman–Crippen MR) is 95.3 cm³/mol. The zero-order valence-electron chi connectivity index (χ0n) is 14.4. The van der Waals surface area contributed by atoms with Gasteiger partial charge in [-0.05, 0) is 38.1 Å². The second kappa shape index (κ2) is 6.47. The first-order valence-electron chi connectivity index (χ1n) is 7.93. The highest BCUT2D eigenvalue weighted by atomic mass is 16.5. The van der Waals surface area contributed by atoms with Crippen LogP contribution in [0.4, 0.5) is 11.4 Å². The van der Waals surface area contributed by atoms with E-state index >= 15 is 0 Å². The monoisotopic (exact) mass is 340 g/mol. The van der Waals surface area contributed by atoms with Gasteiger partial charge >= 0.3 is 0 Å². The zero-order chi connectivity index (χ0) is 18.0. The Hall–Kier alpha value is -3.02. The fourth-order valence-corrected chi connectivity index (χ4v) is 2.47. The van der Waals surface area contributed by atoms with E-state index in [0.717, 1.165) is 0 Å². The summed E-state index contributed by atoms with van der Waals surface area (Å²) in [5.74, 6) is 0.643. The molecule has 0 unspecified atom stereocenters. The standard InChI is InChI=1S/C19H20N2O4/c1-19(2)11-25-16-10-12(8-9-14(16)21-18(19)23)20-17(22)13-6-4-5-7-15(13)24-3/h4-10H,11H2,1-3H3,(H,20,22)(H,21,23). The summed E-state index contributed by atoms with van der Waals surface area (Å²) in [5, 5.41) is 5.67. The molecule has 0 fully saturated rings. The molecule has 0 bridgehead atoms. The molecular formula is C19H20N2O4. The summed E-state index contributed by atoms with van der Waals surface area (Å²) >= 11 is 0. The number of para-hydroxylation sites is 1.